The van der Waals surface area contributed by atoms with Crippen molar-refractivity contribution >= 4 is 23.8 Å². The van der Waals surface area contributed by atoms with Crippen LogP contribution in [0.2, 0.25) is 0 Å². The van der Waals surface area contributed by atoms with Gasteiger partial charge in [0, 0.05) is 19.6 Å². The van der Waals surface area contributed by atoms with Gasteiger partial charge in [0.25, 0.3) is 17.7 Å². The number of nitrogens with zero attached hydrogens (tertiary/aromatic N) is 3. The normalized spacial score (nSPS) is 16.7. The van der Waals surface area contributed by atoms with E-state index in [1.165, 1.54) is 15.9 Å². The number of hydrogen-bond acceptors (Lipinski definition) is 6. The molecule has 0 saturated carbocycles. The summed E-state index contributed by atoms with van der Waals surface area (Å²) in [5.74, 6) is -3.17. The fourth-order valence-electron chi connectivity index (χ4n) is 5.37. The molecule has 0 radical (unpaired) electrons. The number of halogens is 2. The van der Waals surface area contributed by atoms with Crippen LogP contribution >= 0.6 is 0 Å². The van der Waals surface area contributed by atoms with Crippen LogP contribution in [-0.2, 0) is 11.3 Å². The Labute approximate surface area is 253 Å². The second kappa shape index (κ2) is 12.1. The monoisotopic (exact) mass is 605 g/mol. The van der Waals surface area contributed by atoms with Gasteiger partial charge in [-0.1, -0.05) is 24.3 Å². The minimum absolute atomic E-state index is 0.0234. The van der Waals surface area contributed by atoms with Crippen LogP contribution in [0, 0.1) is 11.6 Å². The van der Waals surface area contributed by atoms with Crippen molar-refractivity contribution in [3.63, 3.8) is 0 Å². The molecule has 0 aromatic heterocycles. The van der Waals surface area contributed by atoms with E-state index in [2.05, 4.69) is 0 Å². The topological polar surface area (TPSA) is 96.5 Å². The van der Waals surface area contributed by atoms with Crippen molar-refractivity contribution in [2.24, 2.45) is 0 Å². The van der Waals surface area contributed by atoms with Gasteiger partial charge in [0.15, 0.2) is 11.6 Å². The third-order valence-corrected chi connectivity index (χ3v) is 7.41. The predicted octanol–water partition coefficient (Wildman–Crippen LogP) is 5.59. The molecule has 1 atom stereocenters. The van der Waals surface area contributed by atoms with Crippen LogP contribution in [0.5, 0.6) is 5.75 Å². The first-order valence-electron chi connectivity index (χ1n) is 14.3. The molecule has 9 nitrogen and oxygen atoms in total. The summed E-state index contributed by atoms with van der Waals surface area (Å²) in [6.45, 7) is 7.35. The number of amides is 4. The maximum atomic E-state index is 14.4. The summed E-state index contributed by atoms with van der Waals surface area (Å²) in [6.07, 6.45) is -0.588. The first kappa shape index (κ1) is 30.7. The third-order valence-electron chi connectivity index (χ3n) is 7.41. The van der Waals surface area contributed by atoms with Gasteiger partial charge >= 0.3 is 6.09 Å². The predicted molar refractivity (Wildman–Crippen MR) is 156 cm³/mol. The molecule has 230 valence electrons. The number of rotatable bonds is 6. The van der Waals surface area contributed by atoms with Crippen molar-refractivity contribution in [1.82, 2.24) is 14.7 Å². The fraction of sp³-hybridized carbons (Fsp3) is 0.333. The minimum atomic E-state index is -1.08. The van der Waals surface area contributed by atoms with Crippen LogP contribution in [0.3, 0.4) is 0 Å². The van der Waals surface area contributed by atoms with Crippen molar-refractivity contribution in [3.8, 4) is 5.75 Å². The number of ether oxygens (including phenoxy) is 2. The maximum absolute atomic E-state index is 14.4. The summed E-state index contributed by atoms with van der Waals surface area (Å²) in [4.78, 5) is 57.2. The van der Waals surface area contributed by atoms with E-state index < -0.39 is 47.1 Å². The summed E-state index contributed by atoms with van der Waals surface area (Å²) in [7, 11) is 0. The highest BCUT2D eigenvalue weighted by Crippen LogP contribution is 2.33. The zero-order valence-corrected chi connectivity index (χ0v) is 24.9. The van der Waals surface area contributed by atoms with Gasteiger partial charge in [-0.05, 0) is 75.2 Å². The van der Waals surface area contributed by atoms with Crippen LogP contribution in [0.1, 0.15) is 75.9 Å². The number of fused-ring (bicyclic) bond motifs is 1. The lowest BCUT2D eigenvalue weighted by atomic mass is 9.99. The molecular weight excluding hydrogens is 572 g/mol. The minimum Gasteiger partial charge on any atom is -0.493 e. The molecule has 44 heavy (non-hydrogen) atoms. The molecule has 3 aromatic carbocycles. The second-order valence-electron chi connectivity index (χ2n) is 11.6. The van der Waals surface area contributed by atoms with E-state index in [1.54, 1.807) is 70.2 Å². The van der Waals surface area contributed by atoms with E-state index in [0.717, 1.165) is 17.0 Å². The number of carbonyl (C=O) groups excluding carboxylic acids is 4. The standard InChI is InChI=1S/C33H33F2N3O6/c1-5-43-28-13-10-20(18-38-29(39)22-8-6-7-9-23(22)30(38)40)16-24(28)31(41)37-15-14-36(32(42)44-33(2,3)4)19-27(37)21-11-12-25(34)26(35)17-21/h6-13,16-17,27H,5,14-15,18-19H2,1-4H3. The highest BCUT2D eigenvalue weighted by Gasteiger charge is 2.38. The molecule has 2 aliphatic rings. The van der Waals surface area contributed by atoms with Crippen molar-refractivity contribution < 1.29 is 37.4 Å². The Bertz CT molecular complexity index is 1600. The molecular formula is C33H33F2N3O6. The number of carbonyl (C=O) groups is 4. The smallest absolute Gasteiger partial charge is 0.410 e. The molecule has 2 aliphatic heterocycles. The number of piperazine rings is 1. The lowest BCUT2D eigenvalue weighted by molar-refractivity contribution is 0.00395. The average molecular weight is 606 g/mol. The summed E-state index contributed by atoms with van der Waals surface area (Å²) in [5, 5.41) is 0. The molecule has 5 rings (SSSR count). The van der Waals surface area contributed by atoms with Crippen molar-refractivity contribution in [2.45, 2.75) is 45.9 Å². The largest absolute Gasteiger partial charge is 0.493 e. The van der Waals surface area contributed by atoms with Gasteiger partial charge in [0.05, 0.1) is 35.9 Å². The van der Waals surface area contributed by atoms with Crippen molar-refractivity contribution in [1.29, 1.82) is 0 Å². The van der Waals surface area contributed by atoms with Gasteiger partial charge < -0.3 is 19.3 Å². The molecule has 11 heteroatoms. The van der Waals surface area contributed by atoms with Gasteiger partial charge in [0.2, 0.25) is 0 Å². The highest BCUT2D eigenvalue weighted by atomic mass is 19.2. The quantitative estimate of drug-likeness (QED) is 0.340. The maximum Gasteiger partial charge on any atom is 0.410 e. The molecule has 0 N–H and O–H groups in total. The first-order chi connectivity index (χ1) is 20.9. The number of hydrogen-bond donors (Lipinski definition) is 0. The molecule has 3 aromatic rings. The SMILES string of the molecule is CCOc1ccc(CN2C(=O)c3ccccc3C2=O)cc1C(=O)N1CCN(C(=O)OC(C)(C)C)CC1c1ccc(F)c(F)c1. The zero-order valence-electron chi connectivity index (χ0n) is 24.9. The Morgan fingerprint density at radius 2 is 1.59 bits per heavy atom. The van der Waals surface area contributed by atoms with Crippen LogP contribution < -0.4 is 4.74 Å². The molecule has 2 heterocycles. The number of imide groups is 1. The molecule has 0 bridgehead atoms. The molecule has 0 spiro atoms. The third kappa shape index (κ3) is 6.13. The van der Waals surface area contributed by atoms with E-state index in [1.807, 2.05) is 0 Å². The van der Waals surface area contributed by atoms with Gasteiger partial charge in [-0.15, -0.1) is 0 Å². The second-order valence-corrected chi connectivity index (χ2v) is 11.6. The Kier molecular flexibility index (Phi) is 8.40. The fourth-order valence-corrected chi connectivity index (χ4v) is 5.37. The lowest BCUT2D eigenvalue weighted by Crippen LogP contribution is -2.53. The van der Waals surface area contributed by atoms with Crippen LogP contribution in [0.25, 0.3) is 0 Å². The summed E-state index contributed by atoms with van der Waals surface area (Å²) in [6, 6.07) is 14.0. The Morgan fingerprint density at radius 3 is 2.20 bits per heavy atom. The summed E-state index contributed by atoms with van der Waals surface area (Å²) < 4.78 is 39.5. The van der Waals surface area contributed by atoms with Crippen molar-refractivity contribution in [3.05, 3.63) is 100 Å². The van der Waals surface area contributed by atoms with Gasteiger partial charge in [-0.25, -0.2) is 13.6 Å². The Hall–Kier alpha value is -4.80. The molecule has 1 unspecified atom stereocenters. The van der Waals surface area contributed by atoms with Gasteiger partial charge in [0.1, 0.15) is 11.4 Å². The van der Waals surface area contributed by atoms with Crippen LogP contribution in [-0.4, -0.2) is 70.4 Å². The lowest BCUT2D eigenvalue weighted by Gasteiger charge is -2.42. The van der Waals surface area contributed by atoms with Crippen LogP contribution in [0.4, 0.5) is 13.6 Å². The van der Waals surface area contributed by atoms with Crippen LogP contribution in [0.15, 0.2) is 60.7 Å². The molecule has 1 saturated heterocycles. The van der Waals surface area contributed by atoms with E-state index >= 15 is 0 Å². The molecule has 4 amide bonds. The first-order valence-corrected chi connectivity index (χ1v) is 14.3. The number of benzene rings is 3. The molecule has 0 aliphatic carbocycles. The van der Waals surface area contributed by atoms with Gasteiger partial charge in [-0.2, -0.15) is 0 Å². The Balaban J connectivity index is 1.47. The van der Waals surface area contributed by atoms with E-state index in [0.29, 0.717) is 22.3 Å². The Morgan fingerprint density at radius 1 is 0.909 bits per heavy atom. The van der Waals surface area contributed by atoms with Crippen molar-refractivity contribution in [2.75, 3.05) is 26.2 Å². The van der Waals surface area contributed by atoms with Gasteiger partial charge in [-0.3, -0.25) is 19.3 Å². The average Bonchev–Trinajstić information content (AvgIpc) is 3.22. The zero-order chi connectivity index (χ0) is 31.8. The van der Waals surface area contributed by atoms with E-state index in [9.17, 15) is 28.0 Å². The molecule has 1 fully saturated rings. The van der Waals surface area contributed by atoms with E-state index in [4.69, 9.17) is 9.47 Å². The highest BCUT2D eigenvalue weighted by molar-refractivity contribution is 6.21. The summed E-state index contributed by atoms with van der Waals surface area (Å²) >= 11 is 0. The van der Waals surface area contributed by atoms with E-state index in [-0.39, 0.29) is 44.1 Å². The summed E-state index contributed by atoms with van der Waals surface area (Å²) in [5.41, 5.74) is 0.857.